The molecule has 0 spiro atoms. The molecule has 111 heavy (non-hydrogen) atoms. The van der Waals surface area contributed by atoms with Crippen molar-refractivity contribution in [3.8, 4) is 22.8 Å². The number of carboxylic acids is 1. The predicted octanol–water partition coefficient (Wildman–Crippen LogP) is 6.09. The first-order chi connectivity index (χ1) is 53.7. The van der Waals surface area contributed by atoms with Crippen LogP contribution in [0.25, 0.3) is 34.1 Å². The van der Waals surface area contributed by atoms with Crippen LogP contribution in [-0.2, 0) is 28.8 Å². The number of carbonyl (C=O) groups excluding carboxylic acids is 9. The number of anilines is 6. The van der Waals surface area contributed by atoms with E-state index in [0.29, 0.717) is 35.8 Å². The summed E-state index contributed by atoms with van der Waals surface area (Å²) in [4.78, 5) is 151. The fraction of sp³-hybridized carbons (Fsp3) is 0.282. The Morgan fingerprint density at radius 1 is 0.495 bits per heavy atom. The second-order valence-electron chi connectivity index (χ2n) is 28.1. The van der Waals surface area contributed by atoms with Gasteiger partial charge in [-0.2, -0.15) is 0 Å². The van der Waals surface area contributed by atoms with Crippen LogP contribution >= 0.6 is 0 Å². The van der Waals surface area contributed by atoms with Gasteiger partial charge in [0.15, 0.2) is 11.3 Å². The Labute approximate surface area is 630 Å². The molecule has 9 amide bonds. The number of nitrogens with one attached hydrogen (secondary N) is 5. The van der Waals surface area contributed by atoms with E-state index >= 15 is 0 Å². The minimum Gasteiger partial charge on any atom is -0.480 e. The quantitative estimate of drug-likeness (QED) is 0.0507. The first kappa shape index (κ1) is 71.8. The molecule has 4 aromatic carbocycles. The molecule has 0 aliphatic carbocycles. The first-order valence-electron chi connectivity index (χ1n) is 36.4. The molecule has 18 rings (SSSR count). The molecule has 33 heteroatoms. The molecule has 2 unspecified atom stereocenters. The SMILES string of the molecule is NC1CN(c2cccc(-c3cnc4ccc(N5CCC[C@@H]5c5cccc(F)c5)nn34)n2)C1.O=C(O)CNc1ccc2c(c1)C(=O)N(C1CCC(=O)NC1=O)C2=O.O=C1CCC(N2C(=O)c3ccc(NCC(=O)NC4CN(c5cccc(-c6cnc7ccc(N8CCC[C@@H]8c8cccc(F)c8)nn67)n5)C4)cc3C2=O)C(=O)N1. The van der Waals surface area contributed by atoms with Gasteiger partial charge in [0.05, 0.1) is 70.7 Å². The number of fused-ring (bicyclic) bond motifs is 4. The summed E-state index contributed by atoms with van der Waals surface area (Å²) in [5, 5.41) is 31.5. The maximum Gasteiger partial charge on any atom is 0.322 e. The van der Waals surface area contributed by atoms with Crippen molar-refractivity contribution in [2.75, 3.05) is 82.6 Å². The van der Waals surface area contributed by atoms with E-state index in [9.17, 15) is 56.7 Å². The van der Waals surface area contributed by atoms with Crippen molar-refractivity contribution in [1.29, 1.82) is 0 Å². The first-order valence-corrected chi connectivity index (χ1v) is 36.4. The van der Waals surface area contributed by atoms with Gasteiger partial charge >= 0.3 is 5.97 Å². The maximum absolute atomic E-state index is 14.1. The number of piperidine rings is 2. The number of benzene rings is 4. The van der Waals surface area contributed by atoms with Crippen LogP contribution < -0.4 is 51.9 Å². The van der Waals surface area contributed by atoms with Crippen LogP contribution in [0.15, 0.2) is 158 Å². The lowest BCUT2D eigenvalue weighted by atomic mass is 10.0. The van der Waals surface area contributed by atoms with E-state index < -0.39 is 65.3 Å². The van der Waals surface area contributed by atoms with Crippen molar-refractivity contribution in [1.82, 2.24) is 64.9 Å². The van der Waals surface area contributed by atoms with Crippen molar-refractivity contribution in [2.45, 2.75) is 87.6 Å². The third-order valence-electron chi connectivity index (χ3n) is 20.8. The number of pyridine rings is 2. The summed E-state index contributed by atoms with van der Waals surface area (Å²) >= 11 is 0. The van der Waals surface area contributed by atoms with Crippen molar-refractivity contribution in [3.05, 3.63) is 203 Å². The predicted molar refractivity (Wildman–Crippen MR) is 399 cm³/mol. The average molecular weight is 1500 g/mol. The summed E-state index contributed by atoms with van der Waals surface area (Å²) in [5.41, 5.74) is 13.8. The van der Waals surface area contributed by atoms with Crippen LogP contribution in [0.3, 0.4) is 0 Å². The zero-order valence-corrected chi connectivity index (χ0v) is 59.4. The van der Waals surface area contributed by atoms with Crippen LogP contribution in [0.1, 0.15) is 116 Å². The van der Waals surface area contributed by atoms with Gasteiger partial charge in [-0.3, -0.25) is 68.4 Å². The summed E-state index contributed by atoms with van der Waals surface area (Å²) < 4.78 is 31.5. The topological polar surface area (TPSA) is 383 Å². The Hall–Kier alpha value is -13.5. The molecule has 6 fully saturated rings. The van der Waals surface area contributed by atoms with Gasteiger partial charge in [0.25, 0.3) is 23.6 Å². The number of hydrogen-bond acceptors (Lipinski definition) is 23. The van der Waals surface area contributed by atoms with Crippen molar-refractivity contribution >= 4 is 105 Å². The third-order valence-corrected chi connectivity index (χ3v) is 20.8. The summed E-state index contributed by atoms with van der Waals surface area (Å²) in [6.45, 7) is 4.05. The zero-order chi connectivity index (χ0) is 76.9. The number of aliphatic carboxylic acids is 1. The molecule has 8 N–H and O–H groups in total. The highest BCUT2D eigenvalue weighted by Gasteiger charge is 2.47. The van der Waals surface area contributed by atoms with E-state index in [1.165, 1.54) is 42.5 Å². The molecule has 8 aliphatic heterocycles. The number of carboxylic acid groups (broad SMARTS) is 1. The summed E-state index contributed by atoms with van der Waals surface area (Å²) in [7, 11) is 0. The molecule has 564 valence electrons. The fourth-order valence-electron chi connectivity index (χ4n) is 15.3. The Kier molecular flexibility index (Phi) is 19.4. The second kappa shape index (κ2) is 29.9. The lowest BCUT2D eigenvalue weighted by Crippen LogP contribution is -2.60. The van der Waals surface area contributed by atoms with Gasteiger partial charge in [-0.05, 0) is 159 Å². The van der Waals surface area contributed by atoms with Crippen molar-refractivity contribution < 1.29 is 61.8 Å². The van der Waals surface area contributed by atoms with E-state index in [0.717, 1.165) is 119 Å². The van der Waals surface area contributed by atoms with Crippen LogP contribution in [0, 0.1) is 11.6 Å². The minimum absolute atomic E-state index is 0.0290. The van der Waals surface area contributed by atoms with Crippen LogP contribution in [0.4, 0.5) is 43.4 Å². The molecular formula is C78H72F2N20O11. The number of hydrogen-bond donors (Lipinski definition) is 7. The second-order valence-corrected chi connectivity index (χ2v) is 28.1. The van der Waals surface area contributed by atoms with Crippen molar-refractivity contribution in [2.24, 2.45) is 5.73 Å². The van der Waals surface area contributed by atoms with Gasteiger partial charge in [0.2, 0.25) is 29.5 Å². The summed E-state index contributed by atoms with van der Waals surface area (Å²) in [6.07, 6.45) is 7.71. The molecule has 10 aromatic rings. The van der Waals surface area contributed by atoms with E-state index in [2.05, 4.69) is 56.2 Å². The molecule has 6 aromatic heterocycles. The highest BCUT2D eigenvalue weighted by molar-refractivity contribution is 6.25. The Balaban J connectivity index is 0.000000140. The number of imide groups is 4. The van der Waals surface area contributed by atoms with E-state index in [-0.39, 0.29) is 103 Å². The number of amides is 9. The van der Waals surface area contributed by atoms with Gasteiger partial charge in [-0.1, -0.05) is 36.4 Å². The van der Waals surface area contributed by atoms with E-state index in [4.69, 9.17) is 31.0 Å². The maximum atomic E-state index is 14.1. The summed E-state index contributed by atoms with van der Waals surface area (Å²) in [6, 6.07) is 40.3. The van der Waals surface area contributed by atoms with E-state index in [1.807, 2.05) is 83.5 Å². The smallest absolute Gasteiger partial charge is 0.322 e. The Bertz CT molecular complexity index is 5470. The van der Waals surface area contributed by atoms with Gasteiger partial charge < -0.3 is 46.4 Å². The monoisotopic (exact) mass is 1500 g/mol. The van der Waals surface area contributed by atoms with Gasteiger partial charge in [0, 0.05) is 69.5 Å². The number of halogens is 2. The average Bonchev–Trinajstić information content (AvgIpc) is 1.53. The molecule has 6 saturated heterocycles. The number of carbonyl (C=O) groups is 10. The van der Waals surface area contributed by atoms with Crippen LogP contribution in [-0.4, -0.2) is 190 Å². The molecule has 0 radical (unpaired) electrons. The standard InChI is InChI=1S/C39H35FN10O5.C24H24FN7.C15H13N3O6/c40-23-5-1-4-22(16-23)29-7-3-15-48(29)34-13-12-32-42-18-31(50(32)46-34)28-6-2-8-33(44-28)47-20-25(21-47)43-36(52)19-41-24-9-10-26-27(17-24)39(55)49(38(26)54)30-11-14-35(51)45-37(30)53;25-17-5-1-4-16(12-17)20-7-3-11-31(20)24-10-9-22-27-13-21(32(22)29-24)19-6-2-8-23(28-19)30-14-18(26)15-30;19-11-4-3-10(13(22)17-11)18-14(23)8-2-1-7(16-6-12(20)21)5-9(8)15(18)24/h1-2,4-6,8-10,12-13,16-18,25,29-30,41H,3,7,11,14-15,19-21H2,(H,43,52)(H,45,51,53);1-2,4-6,8-10,12-13,18,20H,3,7,11,14-15,26H2;1-2,5,10,16H,3-4,6H2,(H,20,21)(H,17,19,22)/t29-,30?;20-;/m11./s1. The minimum atomic E-state index is -1.07. The largest absolute Gasteiger partial charge is 0.480 e. The van der Waals surface area contributed by atoms with Crippen LogP contribution in [0.5, 0.6) is 0 Å². The number of nitrogens with two attached hydrogens (primary N) is 1. The number of aromatic nitrogens is 8. The summed E-state index contributed by atoms with van der Waals surface area (Å²) in [5.74, 6) is -3.13. The van der Waals surface area contributed by atoms with Gasteiger partial charge in [-0.25, -0.2) is 37.7 Å². The molecule has 8 aliphatic rings. The Morgan fingerprint density at radius 3 is 1.40 bits per heavy atom. The van der Waals surface area contributed by atoms with E-state index in [1.54, 1.807) is 41.0 Å². The van der Waals surface area contributed by atoms with Crippen molar-refractivity contribution in [3.63, 3.8) is 0 Å². The lowest BCUT2D eigenvalue weighted by Gasteiger charge is -2.40. The molecule has 0 saturated carbocycles. The molecular weight excluding hydrogens is 1430 g/mol. The molecule has 0 bridgehead atoms. The van der Waals surface area contributed by atoms with Crippen LogP contribution in [0.2, 0.25) is 0 Å². The fourth-order valence-corrected chi connectivity index (χ4v) is 15.3. The molecule has 4 atom stereocenters. The zero-order valence-electron chi connectivity index (χ0n) is 59.4. The molecule has 14 heterocycles. The number of rotatable bonds is 17. The normalized spacial score (nSPS) is 19.6. The highest BCUT2D eigenvalue weighted by Crippen LogP contribution is 2.39. The number of imidazole rings is 2. The highest BCUT2D eigenvalue weighted by atomic mass is 19.1. The molecule has 31 nitrogen and oxygen atoms in total. The lowest BCUT2D eigenvalue weighted by molar-refractivity contribution is -0.137. The van der Waals surface area contributed by atoms with Gasteiger partial charge in [0.1, 0.15) is 64.9 Å². The Morgan fingerprint density at radius 2 is 0.946 bits per heavy atom. The number of nitrogens with zero attached hydrogens (tertiary/aromatic N) is 14. The van der Waals surface area contributed by atoms with Gasteiger partial charge in [-0.15, -0.1) is 10.2 Å². The third kappa shape index (κ3) is 14.4.